The summed E-state index contributed by atoms with van der Waals surface area (Å²) in [5.41, 5.74) is 1.80. The second-order valence-corrected chi connectivity index (χ2v) is 65.4. The van der Waals surface area contributed by atoms with E-state index in [-0.39, 0.29) is 85.3 Å². The summed E-state index contributed by atoms with van der Waals surface area (Å²) in [5.74, 6) is 2.15. The van der Waals surface area contributed by atoms with E-state index in [2.05, 4.69) is 166 Å². The van der Waals surface area contributed by atoms with Gasteiger partial charge in [-0.3, -0.25) is 0 Å². The van der Waals surface area contributed by atoms with Crippen LogP contribution >= 0.6 is 63.7 Å². The molecule has 0 aromatic carbocycles. The quantitative estimate of drug-likeness (QED) is 0.123. The maximum Gasteiger partial charge on any atom is 0.0462 e. The molecule has 2 aliphatic rings. The Bertz CT molecular complexity index is 664. The molecule has 49 heavy (non-hydrogen) atoms. The number of halogens is 4. The van der Waals surface area contributed by atoms with E-state index in [1.165, 1.54) is 31.3 Å². The summed E-state index contributed by atoms with van der Waals surface area (Å²) in [4.78, 5) is 0. The molecule has 0 bridgehead atoms. The average Bonchev–Trinajstić information content (AvgIpc) is 3.58. The van der Waals surface area contributed by atoms with Crippen LogP contribution in [-0.2, 0) is 51.6 Å². The van der Waals surface area contributed by atoms with Crippen LogP contribution in [0.4, 0.5) is 0 Å². The number of aliphatic hydroxyl groups excluding tert-OH is 2. The molecule has 0 aliphatic heterocycles. The van der Waals surface area contributed by atoms with Crippen LogP contribution < -0.4 is 0 Å². The van der Waals surface area contributed by atoms with E-state index in [1.807, 2.05) is 6.92 Å². The molecular formula is C39H80I4O4W2-2. The van der Waals surface area contributed by atoms with Crippen molar-refractivity contribution < 1.29 is 61.8 Å². The topological polar surface area (TPSA) is 58.9 Å². The first kappa shape index (κ1) is 64.8. The summed E-state index contributed by atoms with van der Waals surface area (Å²) in [5, 5.41) is 17.5. The predicted octanol–water partition coefficient (Wildman–Crippen LogP) is 14.4. The van der Waals surface area contributed by atoms with E-state index in [0.29, 0.717) is 23.7 Å². The Balaban J connectivity index is -0.000000129. The van der Waals surface area contributed by atoms with Gasteiger partial charge in [-0.1, -0.05) is 80.7 Å². The van der Waals surface area contributed by atoms with Gasteiger partial charge in [0.25, 0.3) is 0 Å². The van der Waals surface area contributed by atoms with Crippen molar-refractivity contribution in [1.29, 1.82) is 0 Å². The smallest absolute Gasteiger partial charge is 0.0462 e. The molecule has 0 aromatic heterocycles. The first-order valence-corrected chi connectivity index (χ1v) is 36.6. The van der Waals surface area contributed by atoms with Crippen molar-refractivity contribution in [2.24, 2.45) is 34.5 Å². The minimum Gasteiger partial charge on any atom is -0.396 e. The standard InChI is InChI=1S/C17H34O2.C7H14O2.2C5H11.C5H10.I4.2W/c1-7-16(3,4)18-12-14-10-9-11-15(14)13-19-17(5,6)8-2;8-4-6-2-1-3-7(6)5-9;2*1-5(2,3)4;1-4-5(2)3;1-4(2)3;;/h14-15H,7-13H2,1-6H3;6-9H,1-5H2;2*1H2,2-4H3;2,4H2,1,3H3;;;/q;;2*-1;;;;. The first-order chi connectivity index (χ1) is 21.2. The van der Waals surface area contributed by atoms with E-state index >= 15 is 0 Å². The maximum atomic E-state index is 8.76. The van der Waals surface area contributed by atoms with Crippen molar-refractivity contribution in [3.05, 3.63) is 26.0 Å². The Kier molecular flexibility index (Phi) is 47.9. The molecule has 2 fully saturated rings. The molecule has 2 saturated carbocycles. The molecule has 2 rings (SSSR count). The second-order valence-electron chi connectivity index (χ2n) is 16.7. The van der Waals surface area contributed by atoms with Gasteiger partial charge in [0.15, 0.2) is 0 Å². The van der Waals surface area contributed by atoms with Crippen molar-refractivity contribution in [3.63, 3.8) is 0 Å². The predicted molar refractivity (Wildman–Crippen MR) is 247 cm³/mol. The third-order valence-corrected chi connectivity index (χ3v) is 7.78. The Labute approximate surface area is 373 Å². The zero-order chi connectivity index (χ0) is 38.1. The molecule has 4 unspecified atom stereocenters. The largest absolute Gasteiger partial charge is 0.396 e. The van der Waals surface area contributed by atoms with Crippen molar-refractivity contribution in [2.45, 2.75) is 166 Å². The van der Waals surface area contributed by atoms with Gasteiger partial charge in [0.05, 0.1) is 24.4 Å². The first-order valence-electron chi connectivity index (χ1n) is 17.7. The number of aliphatic hydroxyl groups is 2. The molecule has 2 aliphatic carbocycles. The summed E-state index contributed by atoms with van der Waals surface area (Å²) in [6.07, 6.45) is 10.6. The van der Waals surface area contributed by atoms with E-state index in [4.69, 9.17) is 19.7 Å². The number of allylic oxidation sites excluding steroid dienone is 1. The fourth-order valence-electron chi connectivity index (χ4n) is 4.02. The van der Waals surface area contributed by atoms with Gasteiger partial charge in [0.1, 0.15) is 0 Å². The molecule has 10 heteroatoms. The van der Waals surface area contributed by atoms with E-state index in [1.54, 1.807) is 0 Å². The summed E-state index contributed by atoms with van der Waals surface area (Å²) in [7, 11) is -0.353. The van der Waals surface area contributed by atoms with Gasteiger partial charge in [-0.2, -0.15) is 10.8 Å². The molecule has 0 radical (unpaired) electrons. The van der Waals surface area contributed by atoms with Crippen LogP contribution in [0.1, 0.15) is 155 Å². The summed E-state index contributed by atoms with van der Waals surface area (Å²) >= 11 is 7.42. The Morgan fingerprint density at radius 2 is 0.857 bits per heavy atom. The van der Waals surface area contributed by atoms with E-state index < -0.39 is 0 Å². The number of hydrogen-bond donors (Lipinski definition) is 2. The normalized spacial score (nSPS) is 20.3. The molecule has 4 atom stereocenters. The minimum absolute atomic E-state index is 0. The van der Waals surface area contributed by atoms with Gasteiger partial charge < -0.3 is 33.5 Å². The second kappa shape index (κ2) is 36.2. The summed E-state index contributed by atoms with van der Waals surface area (Å²) < 4.78 is 12.2. The summed E-state index contributed by atoms with van der Waals surface area (Å²) in [6.45, 7) is 43.3. The summed E-state index contributed by atoms with van der Waals surface area (Å²) in [6, 6.07) is 0. The molecule has 302 valence electrons. The van der Waals surface area contributed by atoms with Crippen LogP contribution in [0.2, 0.25) is 0 Å². The van der Waals surface area contributed by atoms with Crippen LogP contribution in [-0.4, -0.2) is 47.8 Å². The maximum absolute atomic E-state index is 8.76. The zero-order valence-electron chi connectivity index (χ0n) is 34.2. The van der Waals surface area contributed by atoms with E-state index in [0.717, 1.165) is 45.3 Å². The van der Waals surface area contributed by atoms with Gasteiger partial charge in [-0.25, -0.2) is 0 Å². The Morgan fingerprint density at radius 3 is 1.02 bits per heavy atom. The molecule has 0 aromatic rings. The van der Waals surface area contributed by atoms with Gasteiger partial charge in [-0.15, -0.1) is 6.58 Å². The van der Waals surface area contributed by atoms with Crippen LogP contribution in [0.3, 0.4) is 0 Å². The third kappa shape index (κ3) is 56.3. The molecular weight excluding hydrogens is 1410 g/mol. The average molecular weight is 1490 g/mol. The van der Waals surface area contributed by atoms with Gasteiger partial charge >= 0.3 is 63.7 Å². The fourth-order valence-corrected chi connectivity index (χ4v) is 4.02. The SMILES string of the molecule is C=C(C)CC.CCC(C)(C)OCC1CCCC1COC(C)(C)CC.II(I)I.OCC1CCCC1CO.[CH2-]C(C)(C)C.[CH2-]C(C)(C)C.[W].[W]. The zero-order valence-corrected chi connectivity index (χ0v) is 48.7. The van der Waals surface area contributed by atoms with E-state index in [9.17, 15) is 0 Å². The Hall–Kier alpha value is 3.88. The van der Waals surface area contributed by atoms with Gasteiger partial charge in [0.2, 0.25) is 0 Å². The van der Waals surface area contributed by atoms with Crippen LogP contribution in [0.25, 0.3) is 0 Å². The third-order valence-electron chi connectivity index (χ3n) is 7.78. The van der Waals surface area contributed by atoms with Gasteiger partial charge in [-0.05, 0) is 103 Å². The number of ether oxygens (including phenoxy) is 2. The molecule has 2 N–H and O–H groups in total. The van der Waals surface area contributed by atoms with Crippen molar-refractivity contribution in [3.8, 4) is 0 Å². The van der Waals surface area contributed by atoms with Crippen LogP contribution in [0.5, 0.6) is 0 Å². The molecule has 0 amide bonds. The Morgan fingerprint density at radius 1 is 0.653 bits per heavy atom. The molecule has 4 nitrogen and oxygen atoms in total. The monoisotopic (exact) mass is 1490 g/mol. The van der Waals surface area contributed by atoms with Crippen molar-refractivity contribution in [2.75, 3.05) is 26.4 Å². The molecule has 0 saturated heterocycles. The van der Waals surface area contributed by atoms with Gasteiger partial charge in [0, 0.05) is 55.3 Å². The fraction of sp³-hybridized carbons (Fsp3) is 0.897. The van der Waals surface area contributed by atoms with Crippen molar-refractivity contribution in [1.82, 2.24) is 0 Å². The van der Waals surface area contributed by atoms with Crippen molar-refractivity contribution >= 4 is 63.7 Å². The number of rotatable bonds is 11. The molecule has 0 heterocycles. The van der Waals surface area contributed by atoms with Crippen LogP contribution in [0.15, 0.2) is 12.2 Å². The number of hydrogen-bond acceptors (Lipinski definition) is 4. The molecule has 0 spiro atoms. The van der Waals surface area contributed by atoms with Crippen LogP contribution in [0, 0.1) is 48.3 Å². The minimum atomic E-state index is -0.353.